The first-order valence-electron chi connectivity index (χ1n) is 8.43. The van der Waals surface area contributed by atoms with Gasteiger partial charge in [-0.15, -0.1) is 0 Å². The number of carbonyl (C=O) groups is 3. The van der Waals surface area contributed by atoms with Crippen molar-refractivity contribution in [1.29, 1.82) is 0 Å². The van der Waals surface area contributed by atoms with E-state index in [1.165, 1.54) is 4.90 Å². The molecule has 0 radical (unpaired) electrons. The van der Waals surface area contributed by atoms with Crippen molar-refractivity contribution in [3.63, 3.8) is 0 Å². The van der Waals surface area contributed by atoms with Gasteiger partial charge in [-0.2, -0.15) is 0 Å². The van der Waals surface area contributed by atoms with Crippen LogP contribution in [0, 0.1) is 5.41 Å². The number of likely N-dealkylation sites (tertiary alicyclic amines) is 1. The van der Waals surface area contributed by atoms with E-state index in [2.05, 4.69) is 0 Å². The molecular formula is C18H22N2O5. The largest absolute Gasteiger partial charge is 0.484 e. The summed E-state index contributed by atoms with van der Waals surface area (Å²) in [4.78, 5) is 38.6. The molecule has 2 fully saturated rings. The number of ether oxygens (including phenoxy) is 1. The van der Waals surface area contributed by atoms with Crippen LogP contribution in [0.1, 0.15) is 26.2 Å². The molecule has 1 aromatic carbocycles. The molecule has 0 aliphatic carbocycles. The third-order valence-electron chi connectivity index (χ3n) is 4.91. The van der Waals surface area contributed by atoms with Crippen LogP contribution in [-0.4, -0.2) is 54.0 Å². The molecule has 1 aromatic rings. The van der Waals surface area contributed by atoms with Crippen molar-refractivity contribution < 1.29 is 24.2 Å². The second kappa shape index (κ2) is 6.74. The van der Waals surface area contributed by atoms with Gasteiger partial charge < -0.3 is 19.6 Å². The van der Waals surface area contributed by atoms with Crippen LogP contribution in [0.25, 0.3) is 0 Å². The zero-order valence-electron chi connectivity index (χ0n) is 14.2. The van der Waals surface area contributed by atoms with Crippen molar-refractivity contribution in [2.75, 3.05) is 31.1 Å². The van der Waals surface area contributed by atoms with E-state index in [0.717, 1.165) is 12.1 Å². The first kappa shape index (κ1) is 17.3. The number of benzene rings is 1. The number of hydrogen-bond acceptors (Lipinski definition) is 4. The predicted molar refractivity (Wildman–Crippen MR) is 90.5 cm³/mol. The Morgan fingerprint density at radius 1 is 1.32 bits per heavy atom. The maximum Gasteiger partial charge on any atom is 0.311 e. The fourth-order valence-electron chi connectivity index (χ4n) is 3.25. The van der Waals surface area contributed by atoms with E-state index in [-0.39, 0.29) is 25.0 Å². The molecule has 25 heavy (non-hydrogen) atoms. The van der Waals surface area contributed by atoms with E-state index in [1.54, 1.807) is 30.0 Å². The summed E-state index contributed by atoms with van der Waals surface area (Å²) >= 11 is 0. The number of amides is 2. The zero-order chi connectivity index (χ0) is 18.0. The molecule has 1 atom stereocenters. The molecule has 0 spiro atoms. The third kappa shape index (κ3) is 3.60. The van der Waals surface area contributed by atoms with Crippen LogP contribution in [0.5, 0.6) is 5.75 Å². The Balaban J connectivity index is 1.58. The van der Waals surface area contributed by atoms with Crippen LogP contribution in [-0.2, 0) is 14.4 Å². The first-order chi connectivity index (χ1) is 11.9. The molecule has 0 bridgehead atoms. The second-order valence-electron chi connectivity index (χ2n) is 6.87. The quantitative estimate of drug-likeness (QED) is 0.873. The second-order valence-corrected chi connectivity index (χ2v) is 6.87. The van der Waals surface area contributed by atoms with Crippen molar-refractivity contribution in [1.82, 2.24) is 4.90 Å². The lowest BCUT2D eigenvalue weighted by Gasteiger charge is -2.20. The fraction of sp³-hybridized carbons (Fsp3) is 0.500. The number of hydrogen-bond donors (Lipinski definition) is 1. The molecule has 3 rings (SSSR count). The Hall–Kier alpha value is -2.57. The molecule has 0 aromatic heterocycles. The lowest BCUT2D eigenvalue weighted by molar-refractivity contribution is -0.147. The molecule has 2 heterocycles. The number of rotatable bonds is 5. The number of aliphatic carboxylic acids is 1. The summed E-state index contributed by atoms with van der Waals surface area (Å²) in [6, 6.07) is 7.12. The summed E-state index contributed by atoms with van der Waals surface area (Å²) in [6.07, 6.45) is 1.85. The number of carboxylic acid groups (broad SMARTS) is 1. The van der Waals surface area contributed by atoms with Crippen LogP contribution in [0.4, 0.5) is 5.69 Å². The van der Waals surface area contributed by atoms with Crippen molar-refractivity contribution in [2.45, 2.75) is 26.2 Å². The van der Waals surface area contributed by atoms with Gasteiger partial charge >= 0.3 is 5.97 Å². The molecular weight excluding hydrogens is 324 g/mol. The lowest BCUT2D eigenvalue weighted by atomic mass is 9.90. The average molecular weight is 346 g/mol. The Kier molecular flexibility index (Phi) is 4.65. The summed E-state index contributed by atoms with van der Waals surface area (Å²) in [5.41, 5.74) is -0.113. The molecule has 134 valence electrons. The number of anilines is 1. The third-order valence-corrected chi connectivity index (χ3v) is 4.91. The summed E-state index contributed by atoms with van der Waals surface area (Å²) < 4.78 is 5.57. The highest BCUT2D eigenvalue weighted by molar-refractivity contribution is 5.95. The summed E-state index contributed by atoms with van der Waals surface area (Å²) in [5.74, 6) is -0.497. The monoisotopic (exact) mass is 346 g/mol. The van der Waals surface area contributed by atoms with Gasteiger partial charge in [-0.3, -0.25) is 14.4 Å². The van der Waals surface area contributed by atoms with Gasteiger partial charge in [-0.1, -0.05) is 6.07 Å². The van der Waals surface area contributed by atoms with E-state index in [1.807, 2.05) is 6.07 Å². The number of nitrogens with zero attached hydrogens (tertiary/aromatic N) is 2. The van der Waals surface area contributed by atoms with Crippen LogP contribution in [0.15, 0.2) is 24.3 Å². The molecule has 7 nitrogen and oxygen atoms in total. The standard InChI is InChI=1S/C18H22N2O5/c1-18(17(23)24)7-9-19(12-18)16(22)11-25-14-5-2-4-13(10-14)20-8-3-6-15(20)21/h2,4-5,10H,3,6-9,11-12H2,1H3,(H,23,24)/t18-/m1/s1. The van der Waals surface area contributed by atoms with E-state index in [9.17, 15) is 19.5 Å². The van der Waals surface area contributed by atoms with Crippen molar-refractivity contribution in [3.05, 3.63) is 24.3 Å². The normalized spacial score (nSPS) is 23.2. The molecule has 2 amide bonds. The van der Waals surface area contributed by atoms with E-state index in [0.29, 0.717) is 31.7 Å². The van der Waals surface area contributed by atoms with Gasteiger partial charge in [0.15, 0.2) is 6.61 Å². The van der Waals surface area contributed by atoms with E-state index < -0.39 is 11.4 Å². The molecule has 0 unspecified atom stereocenters. The number of carbonyl (C=O) groups excluding carboxylic acids is 2. The van der Waals surface area contributed by atoms with Crippen LogP contribution in [0.3, 0.4) is 0 Å². The van der Waals surface area contributed by atoms with Gasteiger partial charge in [0.1, 0.15) is 5.75 Å². The highest BCUT2D eigenvalue weighted by atomic mass is 16.5. The smallest absolute Gasteiger partial charge is 0.311 e. The molecule has 1 N–H and O–H groups in total. The van der Waals surface area contributed by atoms with Gasteiger partial charge in [0.25, 0.3) is 5.91 Å². The molecule has 0 saturated carbocycles. The zero-order valence-corrected chi connectivity index (χ0v) is 14.2. The highest BCUT2D eigenvalue weighted by Gasteiger charge is 2.42. The van der Waals surface area contributed by atoms with Gasteiger partial charge in [0, 0.05) is 37.8 Å². The SMILES string of the molecule is C[C@@]1(C(=O)O)CCN(C(=O)COc2cccc(N3CCCC3=O)c2)C1. The first-order valence-corrected chi connectivity index (χ1v) is 8.43. The minimum absolute atomic E-state index is 0.0956. The van der Waals surface area contributed by atoms with Crippen molar-refractivity contribution in [3.8, 4) is 5.75 Å². The van der Waals surface area contributed by atoms with Crippen molar-refractivity contribution >= 4 is 23.5 Å². The Bertz CT molecular complexity index is 704. The summed E-state index contributed by atoms with van der Waals surface area (Å²) in [5, 5.41) is 9.23. The molecule has 2 aliphatic heterocycles. The summed E-state index contributed by atoms with van der Waals surface area (Å²) in [6.45, 7) is 2.83. The van der Waals surface area contributed by atoms with Crippen LogP contribution >= 0.6 is 0 Å². The van der Waals surface area contributed by atoms with Crippen LogP contribution in [0.2, 0.25) is 0 Å². The van der Waals surface area contributed by atoms with Crippen molar-refractivity contribution in [2.24, 2.45) is 5.41 Å². The molecule has 2 saturated heterocycles. The van der Waals surface area contributed by atoms with Gasteiger partial charge in [-0.05, 0) is 31.9 Å². The number of carboxylic acids is 1. The van der Waals surface area contributed by atoms with E-state index in [4.69, 9.17) is 4.74 Å². The maximum atomic E-state index is 12.3. The van der Waals surface area contributed by atoms with Gasteiger partial charge in [0.05, 0.1) is 5.41 Å². The van der Waals surface area contributed by atoms with Gasteiger partial charge in [-0.25, -0.2) is 0 Å². The Morgan fingerprint density at radius 2 is 2.12 bits per heavy atom. The average Bonchev–Trinajstić information content (AvgIpc) is 3.20. The Morgan fingerprint density at radius 3 is 2.76 bits per heavy atom. The van der Waals surface area contributed by atoms with Gasteiger partial charge in [0.2, 0.25) is 5.91 Å². The fourth-order valence-corrected chi connectivity index (χ4v) is 3.25. The predicted octanol–water partition coefficient (Wildman–Crippen LogP) is 1.52. The Labute approximate surface area is 146 Å². The maximum absolute atomic E-state index is 12.3. The molecule has 7 heteroatoms. The molecule has 2 aliphatic rings. The topological polar surface area (TPSA) is 87.2 Å². The minimum Gasteiger partial charge on any atom is -0.484 e. The highest BCUT2D eigenvalue weighted by Crippen LogP contribution is 2.30. The minimum atomic E-state index is -0.883. The van der Waals surface area contributed by atoms with Crippen LogP contribution < -0.4 is 9.64 Å². The summed E-state index contributed by atoms with van der Waals surface area (Å²) in [7, 11) is 0. The van der Waals surface area contributed by atoms with E-state index >= 15 is 0 Å². The lowest BCUT2D eigenvalue weighted by Crippen LogP contribution is -2.37.